The van der Waals surface area contributed by atoms with E-state index in [1.54, 1.807) is 23.5 Å². The Hall–Kier alpha value is -1.48. The molecule has 174 valence electrons. The molecule has 4 rings (SSSR count). The molecule has 2 aromatic heterocycles. The number of hydrogen-bond donors (Lipinski definition) is 0. The van der Waals surface area contributed by atoms with Crippen LogP contribution in [-0.4, -0.2) is 22.8 Å². The van der Waals surface area contributed by atoms with Crippen molar-refractivity contribution in [2.24, 2.45) is 0 Å². The molecule has 0 atom stereocenters. The molecule has 0 radical (unpaired) electrons. The number of aromatic nitrogens is 2. The smallest absolute Gasteiger partial charge is 0.134 e. The van der Waals surface area contributed by atoms with E-state index in [1.165, 1.54) is 26.5 Å². The van der Waals surface area contributed by atoms with Gasteiger partial charge >= 0.3 is 0 Å². The summed E-state index contributed by atoms with van der Waals surface area (Å²) in [5, 5.41) is 8.22. The molecule has 8 heteroatoms. The molecule has 2 aromatic carbocycles. The SMILES string of the molecule is CCc1c(Br)ccc(SC)c1-c1cc(C)on1.CSc1ccc(Br)c(C)c1-c1cc(C)on1. The van der Waals surface area contributed by atoms with Gasteiger partial charge in [-0.3, -0.25) is 0 Å². The van der Waals surface area contributed by atoms with Crippen molar-refractivity contribution in [3.05, 3.63) is 68.0 Å². The first-order chi connectivity index (χ1) is 15.8. The van der Waals surface area contributed by atoms with Gasteiger partial charge < -0.3 is 9.05 Å². The van der Waals surface area contributed by atoms with E-state index in [9.17, 15) is 0 Å². The van der Waals surface area contributed by atoms with E-state index in [4.69, 9.17) is 9.05 Å². The van der Waals surface area contributed by atoms with E-state index in [0.29, 0.717) is 0 Å². The van der Waals surface area contributed by atoms with E-state index >= 15 is 0 Å². The van der Waals surface area contributed by atoms with Crippen LogP contribution in [0.4, 0.5) is 0 Å². The lowest BCUT2D eigenvalue weighted by atomic mass is 10.0. The standard InChI is InChI=1S/C13H14BrNOS.C12H12BrNOS/c1-4-9-10(14)5-6-12(17-3)13(9)11-7-8(2)16-15-11;1-7-6-10(14-15-7)12-8(2)9(13)4-5-11(12)16-3/h5-7H,4H2,1-3H3;4-6H,1-3H3. The maximum Gasteiger partial charge on any atom is 0.134 e. The molecule has 0 aliphatic heterocycles. The average molecular weight is 610 g/mol. The number of halogens is 2. The fraction of sp³-hybridized carbons (Fsp3) is 0.280. The van der Waals surface area contributed by atoms with Crippen molar-refractivity contribution < 1.29 is 9.05 Å². The van der Waals surface area contributed by atoms with Crippen LogP contribution in [0, 0.1) is 20.8 Å². The first kappa shape index (κ1) is 26.1. The van der Waals surface area contributed by atoms with Gasteiger partial charge in [-0.15, -0.1) is 23.5 Å². The molecule has 4 nitrogen and oxygen atoms in total. The van der Waals surface area contributed by atoms with E-state index in [-0.39, 0.29) is 0 Å². The quantitative estimate of drug-likeness (QED) is 0.210. The van der Waals surface area contributed by atoms with Crippen molar-refractivity contribution >= 4 is 55.4 Å². The van der Waals surface area contributed by atoms with Gasteiger partial charge in [0.25, 0.3) is 0 Å². The second-order valence-corrected chi connectivity index (χ2v) is 10.8. The number of thioether (sulfide) groups is 2. The largest absolute Gasteiger partial charge is 0.361 e. The summed E-state index contributed by atoms with van der Waals surface area (Å²) < 4.78 is 12.6. The molecule has 0 saturated heterocycles. The van der Waals surface area contributed by atoms with Gasteiger partial charge in [-0.25, -0.2) is 0 Å². The van der Waals surface area contributed by atoms with Gasteiger partial charge in [0.15, 0.2) is 0 Å². The molecule has 33 heavy (non-hydrogen) atoms. The molecule has 2 heterocycles. The van der Waals surface area contributed by atoms with Crippen LogP contribution < -0.4 is 0 Å². The van der Waals surface area contributed by atoms with E-state index in [0.717, 1.165) is 43.8 Å². The van der Waals surface area contributed by atoms with Crippen LogP contribution in [0.2, 0.25) is 0 Å². The van der Waals surface area contributed by atoms with Crippen LogP contribution in [0.25, 0.3) is 22.5 Å². The van der Waals surface area contributed by atoms with Crippen LogP contribution in [0.5, 0.6) is 0 Å². The predicted octanol–water partition coefficient (Wildman–Crippen LogP) is 9.14. The minimum atomic E-state index is 0.835. The summed E-state index contributed by atoms with van der Waals surface area (Å²) in [5.41, 5.74) is 6.64. The van der Waals surface area contributed by atoms with Crippen molar-refractivity contribution in [3.63, 3.8) is 0 Å². The second kappa shape index (κ2) is 11.8. The minimum absolute atomic E-state index is 0.835. The zero-order valence-electron chi connectivity index (χ0n) is 19.5. The van der Waals surface area contributed by atoms with Crippen molar-refractivity contribution in [2.75, 3.05) is 12.5 Å². The molecule has 0 aliphatic carbocycles. The van der Waals surface area contributed by atoms with Gasteiger partial charge in [0.2, 0.25) is 0 Å². The summed E-state index contributed by atoms with van der Waals surface area (Å²) >= 11 is 10.6. The van der Waals surface area contributed by atoms with Crippen molar-refractivity contribution in [1.82, 2.24) is 10.3 Å². The summed E-state index contributed by atoms with van der Waals surface area (Å²) in [6.07, 6.45) is 5.12. The van der Waals surface area contributed by atoms with Crippen LogP contribution in [0.3, 0.4) is 0 Å². The minimum Gasteiger partial charge on any atom is -0.361 e. The first-order valence-corrected chi connectivity index (χ1v) is 14.4. The van der Waals surface area contributed by atoms with Gasteiger partial charge in [-0.1, -0.05) is 49.1 Å². The zero-order chi connectivity index (χ0) is 24.1. The summed E-state index contributed by atoms with van der Waals surface area (Å²) in [6.45, 7) is 8.06. The third-order valence-electron chi connectivity index (χ3n) is 5.14. The lowest BCUT2D eigenvalue weighted by Crippen LogP contribution is -1.92. The van der Waals surface area contributed by atoms with Crippen LogP contribution >= 0.6 is 55.4 Å². The summed E-state index contributed by atoms with van der Waals surface area (Å²) in [5.74, 6) is 1.68. The molecule has 0 spiro atoms. The molecule has 0 saturated carbocycles. The Bertz CT molecular complexity index is 1250. The molecule has 4 aromatic rings. The van der Waals surface area contributed by atoms with E-state index in [1.807, 2.05) is 26.0 Å². The molecule has 0 fully saturated rings. The lowest BCUT2D eigenvalue weighted by Gasteiger charge is -2.11. The third-order valence-corrected chi connectivity index (χ3v) is 8.30. The Morgan fingerprint density at radius 2 is 1.24 bits per heavy atom. The predicted molar refractivity (Wildman–Crippen MR) is 146 cm³/mol. The van der Waals surface area contributed by atoms with Gasteiger partial charge in [0, 0.05) is 42.0 Å². The highest BCUT2D eigenvalue weighted by Crippen LogP contribution is 2.38. The topological polar surface area (TPSA) is 52.1 Å². The normalized spacial score (nSPS) is 10.8. The summed E-state index contributed by atoms with van der Waals surface area (Å²) in [7, 11) is 0. The Kier molecular flexibility index (Phi) is 9.33. The van der Waals surface area contributed by atoms with Gasteiger partial charge in [-0.05, 0) is 75.1 Å². The maximum absolute atomic E-state index is 5.18. The molecule has 0 aliphatic rings. The molecular weight excluding hydrogens is 584 g/mol. The Morgan fingerprint density at radius 1 is 0.758 bits per heavy atom. The van der Waals surface area contributed by atoms with Gasteiger partial charge in [0.05, 0.1) is 0 Å². The molecule has 0 N–H and O–H groups in total. The molecule has 0 unspecified atom stereocenters. The van der Waals surface area contributed by atoms with E-state index < -0.39 is 0 Å². The first-order valence-electron chi connectivity index (χ1n) is 10.4. The fourth-order valence-corrected chi connectivity index (χ4v) is 5.76. The van der Waals surface area contributed by atoms with Crippen LogP contribution in [-0.2, 0) is 6.42 Å². The average Bonchev–Trinajstić information content (AvgIpc) is 3.43. The van der Waals surface area contributed by atoms with Gasteiger partial charge in [0.1, 0.15) is 22.9 Å². The number of aryl methyl sites for hydroxylation is 2. The van der Waals surface area contributed by atoms with Gasteiger partial charge in [-0.2, -0.15) is 0 Å². The van der Waals surface area contributed by atoms with Crippen LogP contribution in [0.15, 0.2) is 64.2 Å². The highest BCUT2D eigenvalue weighted by Gasteiger charge is 2.16. The maximum atomic E-state index is 5.18. The monoisotopic (exact) mass is 608 g/mol. The number of hydrogen-bond acceptors (Lipinski definition) is 6. The molecular formula is C25H26Br2N2O2S2. The number of rotatable bonds is 5. The Labute approximate surface area is 220 Å². The fourth-order valence-electron chi connectivity index (χ4n) is 3.52. The number of nitrogens with zero attached hydrogens (tertiary/aromatic N) is 2. The zero-order valence-corrected chi connectivity index (χ0v) is 24.3. The van der Waals surface area contributed by atoms with Crippen LogP contribution in [0.1, 0.15) is 29.6 Å². The number of benzene rings is 2. The molecule has 0 amide bonds. The Balaban J connectivity index is 0.000000186. The second-order valence-electron chi connectivity index (χ2n) is 7.35. The van der Waals surface area contributed by atoms with E-state index in [2.05, 4.69) is 92.8 Å². The van der Waals surface area contributed by atoms with Crippen molar-refractivity contribution in [3.8, 4) is 22.5 Å². The highest BCUT2D eigenvalue weighted by atomic mass is 79.9. The summed E-state index contributed by atoms with van der Waals surface area (Å²) in [4.78, 5) is 2.45. The highest BCUT2D eigenvalue weighted by molar-refractivity contribution is 9.10. The lowest BCUT2D eigenvalue weighted by molar-refractivity contribution is 0.399. The van der Waals surface area contributed by atoms with Crippen molar-refractivity contribution in [2.45, 2.75) is 43.9 Å². The molecule has 0 bridgehead atoms. The Morgan fingerprint density at radius 3 is 1.70 bits per heavy atom. The summed E-state index contributed by atoms with van der Waals surface area (Å²) in [6, 6.07) is 12.3. The third kappa shape index (κ3) is 5.96. The van der Waals surface area contributed by atoms with Crippen molar-refractivity contribution in [1.29, 1.82) is 0 Å².